The molecule has 0 atom stereocenters. The molecule has 4 rings (SSSR count). The summed E-state index contributed by atoms with van der Waals surface area (Å²) in [4.78, 5) is 24.3. The van der Waals surface area contributed by atoms with E-state index >= 15 is 0 Å². The van der Waals surface area contributed by atoms with E-state index in [1.54, 1.807) is 12.1 Å². The average molecular weight is 470 g/mol. The predicted octanol–water partition coefficient (Wildman–Crippen LogP) is 4.08. The van der Waals surface area contributed by atoms with Gasteiger partial charge in [0.1, 0.15) is 11.2 Å². The second kappa shape index (κ2) is 8.12. The maximum Gasteiger partial charge on any atom is 0.417 e. The quantitative estimate of drug-likeness (QED) is 0.427. The van der Waals surface area contributed by atoms with Gasteiger partial charge in [-0.15, -0.1) is 5.10 Å². The van der Waals surface area contributed by atoms with Gasteiger partial charge < -0.3 is 9.73 Å². The maximum atomic E-state index is 13.0. The Hall–Kier alpha value is -3.25. The molecule has 0 fully saturated rings. The van der Waals surface area contributed by atoms with Crippen molar-refractivity contribution >= 4 is 40.5 Å². The van der Waals surface area contributed by atoms with Gasteiger partial charge in [0.05, 0.1) is 22.6 Å². The Morgan fingerprint density at radius 2 is 2.10 bits per heavy atom. The fraction of sp³-hybridized carbons (Fsp3) is 0.111. The van der Waals surface area contributed by atoms with Gasteiger partial charge in [-0.05, 0) is 30.3 Å². The number of alkyl halides is 3. The highest BCUT2D eigenvalue weighted by Crippen LogP contribution is 2.36. The summed E-state index contributed by atoms with van der Waals surface area (Å²) in [7, 11) is 0. The van der Waals surface area contributed by atoms with Gasteiger partial charge in [-0.25, -0.2) is 9.61 Å². The van der Waals surface area contributed by atoms with Gasteiger partial charge in [-0.2, -0.15) is 18.3 Å². The number of furan rings is 1. The molecule has 0 spiro atoms. The van der Waals surface area contributed by atoms with Crippen molar-refractivity contribution in [3.63, 3.8) is 0 Å². The molecule has 0 unspecified atom stereocenters. The van der Waals surface area contributed by atoms with Crippen molar-refractivity contribution in [3.8, 4) is 11.5 Å². The summed E-state index contributed by atoms with van der Waals surface area (Å²) >= 11 is 6.51. The van der Waals surface area contributed by atoms with Crippen LogP contribution in [0.25, 0.3) is 17.0 Å². The largest absolute Gasteiger partial charge is 0.463 e. The van der Waals surface area contributed by atoms with Gasteiger partial charge in [-0.1, -0.05) is 23.4 Å². The summed E-state index contributed by atoms with van der Waals surface area (Å²) < 4.78 is 45.4. The van der Waals surface area contributed by atoms with E-state index in [0.717, 1.165) is 23.9 Å². The molecule has 3 heterocycles. The van der Waals surface area contributed by atoms with E-state index in [1.807, 2.05) is 0 Å². The first-order valence-corrected chi connectivity index (χ1v) is 9.90. The summed E-state index contributed by atoms with van der Waals surface area (Å²) in [6, 6.07) is 7.92. The van der Waals surface area contributed by atoms with Crippen LogP contribution in [0.4, 0.5) is 18.9 Å². The number of rotatable bonds is 5. The molecule has 0 saturated carbocycles. The molecule has 0 saturated heterocycles. The number of nitrogens with zero attached hydrogens (tertiary/aromatic N) is 3. The first-order chi connectivity index (χ1) is 14.7. The molecular weight excluding hydrogens is 459 g/mol. The lowest BCUT2D eigenvalue weighted by molar-refractivity contribution is -0.137. The first kappa shape index (κ1) is 21.0. The predicted molar refractivity (Wildman–Crippen MR) is 107 cm³/mol. The zero-order valence-electron chi connectivity index (χ0n) is 15.2. The molecule has 13 heteroatoms. The minimum absolute atomic E-state index is 0.0545. The van der Waals surface area contributed by atoms with E-state index in [0.29, 0.717) is 11.5 Å². The Bertz CT molecular complexity index is 1320. The van der Waals surface area contributed by atoms with Crippen LogP contribution in [-0.2, 0) is 11.0 Å². The van der Waals surface area contributed by atoms with Gasteiger partial charge >= 0.3 is 6.18 Å². The number of carbonyl (C=O) groups is 1. The smallest absolute Gasteiger partial charge is 0.417 e. The van der Waals surface area contributed by atoms with Crippen LogP contribution in [0.2, 0.25) is 5.02 Å². The van der Waals surface area contributed by atoms with Crippen LogP contribution in [0.5, 0.6) is 0 Å². The Labute approximate surface area is 180 Å². The number of amides is 1. The van der Waals surface area contributed by atoms with Crippen LogP contribution < -0.4 is 10.9 Å². The SMILES string of the molecule is O=C(CSc1n[nH]c(=O)c2cc(-c3ccco3)nn12)Nc1ccc(Cl)c(C(F)(F)F)c1. The normalized spacial score (nSPS) is 11.7. The van der Waals surface area contributed by atoms with Crippen molar-refractivity contribution in [3.05, 3.63) is 63.6 Å². The summed E-state index contributed by atoms with van der Waals surface area (Å²) in [5.41, 5.74) is -1.00. The number of hydrogen-bond acceptors (Lipinski definition) is 6. The van der Waals surface area contributed by atoms with Crippen molar-refractivity contribution < 1.29 is 22.4 Å². The van der Waals surface area contributed by atoms with Crippen LogP contribution in [0.15, 0.2) is 57.0 Å². The number of carbonyl (C=O) groups excluding carboxylic acids is 1. The van der Waals surface area contributed by atoms with Crippen LogP contribution >= 0.6 is 23.4 Å². The van der Waals surface area contributed by atoms with E-state index in [1.165, 1.54) is 22.9 Å². The third kappa shape index (κ3) is 4.44. The van der Waals surface area contributed by atoms with Crippen LogP contribution in [0, 0.1) is 0 Å². The topological polar surface area (TPSA) is 105 Å². The summed E-state index contributed by atoms with van der Waals surface area (Å²) in [5.74, 6) is -0.339. The lowest BCUT2D eigenvalue weighted by atomic mass is 10.2. The molecule has 8 nitrogen and oxygen atoms in total. The fourth-order valence-electron chi connectivity index (χ4n) is 2.68. The molecule has 0 aliphatic heterocycles. The molecule has 0 aliphatic rings. The van der Waals surface area contributed by atoms with Gasteiger partial charge in [0.25, 0.3) is 5.56 Å². The molecular formula is C18H11ClF3N5O3S. The van der Waals surface area contributed by atoms with Crippen molar-refractivity contribution in [1.82, 2.24) is 19.8 Å². The minimum Gasteiger partial charge on any atom is -0.463 e. The maximum absolute atomic E-state index is 13.0. The third-order valence-corrected chi connectivity index (χ3v) is 5.30. The minimum atomic E-state index is -4.65. The van der Waals surface area contributed by atoms with E-state index in [-0.39, 0.29) is 22.1 Å². The summed E-state index contributed by atoms with van der Waals surface area (Å²) in [6.07, 6.45) is -3.19. The molecule has 160 valence electrons. The van der Waals surface area contributed by atoms with E-state index < -0.39 is 28.2 Å². The number of benzene rings is 1. The Morgan fingerprint density at radius 1 is 1.29 bits per heavy atom. The molecule has 3 aromatic heterocycles. The monoisotopic (exact) mass is 469 g/mol. The second-order valence-corrected chi connectivity index (χ2v) is 7.52. The number of halogens is 4. The standard InChI is InChI=1S/C18H11ClF3N5O3S/c19-11-4-3-9(6-10(11)18(20,21)22)23-15(28)8-31-17-25-24-16(29)13-7-12(26-27(13)17)14-2-1-5-30-14/h1-7H,8H2,(H,23,28)(H,24,29). The zero-order valence-corrected chi connectivity index (χ0v) is 16.8. The number of fused-ring (bicyclic) bond motifs is 1. The summed E-state index contributed by atoms with van der Waals surface area (Å²) in [6.45, 7) is 0. The van der Waals surface area contributed by atoms with Crippen molar-refractivity contribution in [2.75, 3.05) is 11.1 Å². The number of anilines is 1. The van der Waals surface area contributed by atoms with Crippen LogP contribution in [-0.4, -0.2) is 31.5 Å². The first-order valence-electron chi connectivity index (χ1n) is 8.54. The molecule has 0 radical (unpaired) electrons. The van der Waals surface area contributed by atoms with Crippen molar-refractivity contribution in [2.24, 2.45) is 0 Å². The number of thioether (sulfide) groups is 1. The highest BCUT2D eigenvalue weighted by atomic mass is 35.5. The molecule has 31 heavy (non-hydrogen) atoms. The van der Waals surface area contributed by atoms with Crippen molar-refractivity contribution in [2.45, 2.75) is 11.3 Å². The van der Waals surface area contributed by atoms with Gasteiger partial charge in [0.2, 0.25) is 11.1 Å². The molecule has 0 bridgehead atoms. The number of hydrogen-bond donors (Lipinski definition) is 2. The van der Waals surface area contributed by atoms with Crippen molar-refractivity contribution in [1.29, 1.82) is 0 Å². The van der Waals surface area contributed by atoms with E-state index in [4.69, 9.17) is 16.0 Å². The highest BCUT2D eigenvalue weighted by molar-refractivity contribution is 7.99. The Morgan fingerprint density at radius 3 is 2.81 bits per heavy atom. The summed E-state index contributed by atoms with van der Waals surface area (Å²) in [5, 5.41) is 12.6. The fourth-order valence-corrected chi connectivity index (χ4v) is 3.61. The molecule has 1 aromatic carbocycles. The lowest BCUT2D eigenvalue weighted by Gasteiger charge is -2.11. The number of aromatic nitrogens is 4. The van der Waals surface area contributed by atoms with E-state index in [9.17, 15) is 22.8 Å². The second-order valence-electron chi connectivity index (χ2n) is 6.17. The molecule has 4 aromatic rings. The number of H-pyrrole nitrogens is 1. The number of nitrogens with one attached hydrogen (secondary N) is 2. The van der Waals surface area contributed by atoms with Gasteiger partial charge in [0.15, 0.2) is 5.76 Å². The van der Waals surface area contributed by atoms with E-state index in [2.05, 4.69) is 20.6 Å². The molecule has 0 aliphatic carbocycles. The Kier molecular flexibility index (Phi) is 5.50. The van der Waals surface area contributed by atoms with Gasteiger partial charge in [0, 0.05) is 11.8 Å². The molecule has 2 N–H and O–H groups in total. The number of aromatic amines is 1. The highest BCUT2D eigenvalue weighted by Gasteiger charge is 2.33. The zero-order chi connectivity index (χ0) is 22.2. The lowest BCUT2D eigenvalue weighted by Crippen LogP contribution is -2.17. The molecule has 1 amide bonds. The van der Waals surface area contributed by atoms with Crippen LogP contribution in [0.1, 0.15) is 5.56 Å². The average Bonchev–Trinajstić information content (AvgIpc) is 3.38. The van der Waals surface area contributed by atoms with Crippen LogP contribution in [0.3, 0.4) is 0 Å². The van der Waals surface area contributed by atoms with Gasteiger partial charge in [-0.3, -0.25) is 9.59 Å². The Balaban J connectivity index is 1.51. The third-order valence-electron chi connectivity index (χ3n) is 4.04.